The quantitative estimate of drug-likeness (QED) is 0.278. The van der Waals surface area contributed by atoms with Crippen molar-refractivity contribution < 1.29 is 36.2 Å². The molecule has 11 nitrogen and oxygen atoms in total. The minimum Gasteiger partial charge on any atom is -0.506 e. The molecule has 176 valence electrons. The largest absolute Gasteiger partial charge is 0.506 e. The molecule has 0 saturated carbocycles. The average Bonchev–Trinajstić information content (AvgIpc) is 2.73. The van der Waals surface area contributed by atoms with Gasteiger partial charge in [0.15, 0.2) is 5.75 Å². The van der Waals surface area contributed by atoms with Crippen molar-refractivity contribution in [1.82, 2.24) is 0 Å². The first-order valence-electron chi connectivity index (χ1n) is 9.61. The number of hydrogen-bond donors (Lipinski definition) is 4. The fourth-order valence-corrected chi connectivity index (χ4v) is 4.41. The van der Waals surface area contributed by atoms with Crippen LogP contribution in [0.15, 0.2) is 62.5 Å². The van der Waals surface area contributed by atoms with Crippen molar-refractivity contribution in [2.45, 2.75) is 23.6 Å². The van der Waals surface area contributed by atoms with Gasteiger partial charge in [0.05, 0.1) is 4.90 Å². The summed E-state index contributed by atoms with van der Waals surface area (Å²) in [7, 11) is -9.53. The maximum absolute atomic E-state index is 11.7. The van der Waals surface area contributed by atoms with Gasteiger partial charge in [0.25, 0.3) is 20.2 Å². The van der Waals surface area contributed by atoms with Crippen LogP contribution >= 0.6 is 0 Å². The van der Waals surface area contributed by atoms with Crippen LogP contribution in [0.5, 0.6) is 11.5 Å². The Morgan fingerprint density at radius 1 is 0.848 bits per heavy atom. The second-order valence-corrected chi connectivity index (χ2v) is 9.76. The molecule has 3 rings (SSSR count). The maximum Gasteiger partial charge on any atom is 0.298 e. The molecule has 3 aromatic carbocycles. The minimum absolute atomic E-state index is 0.0188. The van der Waals surface area contributed by atoms with E-state index in [1.807, 2.05) is 18.7 Å². The number of aromatic hydroxyl groups is 2. The number of fused-ring (bicyclic) bond motifs is 1. The Labute approximate surface area is 190 Å². The topological polar surface area (TPSA) is 177 Å². The van der Waals surface area contributed by atoms with Gasteiger partial charge in [-0.25, -0.2) is 0 Å². The van der Waals surface area contributed by atoms with E-state index in [0.29, 0.717) is 13.1 Å². The minimum atomic E-state index is -4.93. The lowest BCUT2D eigenvalue weighted by Crippen LogP contribution is -2.21. The highest BCUT2D eigenvalue weighted by Crippen LogP contribution is 2.42. The average molecular weight is 496 g/mol. The summed E-state index contributed by atoms with van der Waals surface area (Å²) in [5, 5.41) is 28.5. The molecule has 0 aliphatic carbocycles. The van der Waals surface area contributed by atoms with E-state index in [-0.39, 0.29) is 22.2 Å². The van der Waals surface area contributed by atoms with Gasteiger partial charge >= 0.3 is 0 Å². The van der Waals surface area contributed by atoms with Crippen molar-refractivity contribution >= 4 is 48.1 Å². The van der Waals surface area contributed by atoms with Crippen molar-refractivity contribution in [1.29, 1.82) is 0 Å². The predicted molar refractivity (Wildman–Crippen MR) is 121 cm³/mol. The molecule has 0 aromatic heterocycles. The molecular formula is C20H21N3O8S2. The van der Waals surface area contributed by atoms with Gasteiger partial charge < -0.3 is 15.1 Å². The van der Waals surface area contributed by atoms with E-state index in [4.69, 9.17) is 0 Å². The van der Waals surface area contributed by atoms with Crippen LogP contribution in [0.25, 0.3) is 10.8 Å². The molecule has 3 aromatic rings. The van der Waals surface area contributed by atoms with Crippen LogP contribution in [0.1, 0.15) is 13.8 Å². The first-order chi connectivity index (χ1) is 15.4. The van der Waals surface area contributed by atoms with E-state index < -0.39 is 41.5 Å². The maximum atomic E-state index is 11.7. The van der Waals surface area contributed by atoms with Crippen molar-refractivity contribution in [2.75, 3.05) is 18.0 Å². The molecule has 0 heterocycles. The molecule has 0 aliphatic heterocycles. The Morgan fingerprint density at radius 2 is 1.52 bits per heavy atom. The monoisotopic (exact) mass is 495 g/mol. The van der Waals surface area contributed by atoms with E-state index in [1.165, 1.54) is 18.2 Å². The van der Waals surface area contributed by atoms with Gasteiger partial charge in [0, 0.05) is 30.2 Å². The van der Waals surface area contributed by atoms with Crippen molar-refractivity contribution in [3.8, 4) is 11.5 Å². The number of phenols is 2. The van der Waals surface area contributed by atoms with Crippen LogP contribution in [-0.2, 0) is 20.2 Å². The van der Waals surface area contributed by atoms with E-state index in [1.54, 1.807) is 6.07 Å². The van der Waals surface area contributed by atoms with Gasteiger partial charge in [-0.3, -0.25) is 9.11 Å². The van der Waals surface area contributed by atoms with Gasteiger partial charge in [-0.1, -0.05) is 6.07 Å². The molecule has 0 unspecified atom stereocenters. The molecular weight excluding hydrogens is 474 g/mol. The third-order valence-corrected chi connectivity index (χ3v) is 6.66. The highest BCUT2D eigenvalue weighted by Gasteiger charge is 2.23. The number of nitrogens with zero attached hydrogens (tertiary/aromatic N) is 3. The van der Waals surface area contributed by atoms with Gasteiger partial charge in [-0.15, -0.1) is 10.2 Å². The molecule has 0 atom stereocenters. The predicted octanol–water partition coefficient (Wildman–Crippen LogP) is 4.01. The second kappa shape index (κ2) is 8.94. The number of azo groups is 1. The first kappa shape index (κ1) is 24.4. The molecule has 33 heavy (non-hydrogen) atoms. The van der Waals surface area contributed by atoms with Crippen LogP contribution in [0.4, 0.5) is 17.1 Å². The number of anilines is 1. The molecule has 0 bridgehead atoms. The summed E-state index contributed by atoms with van der Waals surface area (Å²) >= 11 is 0. The van der Waals surface area contributed by atoms with Crippen LogP contribution in [0.3, 0.4) is 0 Å². The van der Waals surface area contributed by atoms with Gasteiger partial charge in [0.1, 0.15) is 22.0 Å². The lowest BCUT2D eigenvalue weighted by molar-refractivity contribution is 0.445. The smallest absolute Gasteiger partial charge is 0.298 e. The van der Waals surface area contributed by atoms with E-state index in [2.05, 4.69) is 10.2 Å². The SMILES string of the molecule is CCN(CC)c1ccc(N=Nc2c(O)c(S(=O)(=O)O)cc3cc(S(=O)(=O)O)ccc23)c(O)c1. The third kappa shape index (κ3) is 5.06. The van der Waals surface area contributed by atoms with Crippen molar-refractivity contribution in [3.63, 3.8) is 0 Å². The van der Waals surface area contributed by atoms with E-state index in [0.717, 1.165) is 23.9 Å². The molecule has 4 N–H and O–H groups in total. The summed E-state index contributed by atoms with van der Waals surface area (Å²) in [5.41, 5.74) is 0.371. The molecule has 0 fully saturated rings. The zero-order valence-electron chi connectivity index (χ0n) is 17.5. The standard InChI is InChI=1S/C20H21N3O8S2/c1-3-23(4-2)13-5-8-16(17(24)11-13)21-22-19-15-7-6-14(32(26,27)28)9-12(15)10-18(20(19)25)33(29,30)31/h5-11,24-25H,3-4H2,1-2H3,(H,26,27,28)(H,29,30,31). The molecule has 0 spiro atoms. The summed E-state index contributed by atoms with van der Waals surface area (Å²) in [5.74, 6) is -1.14. The summed E-state index contributed by atoms with van der Waals surface area (Å²) in [6, 6.07) is 8.66. The molecule has 0 radical (unpaired) electrons. The van der Waals surface area contributed by atoms with Crippen LogP contribution < -0.4 is 4.90 Å². The fraction of sp³-hybridized carbons (Fsp3) is 0.200. The number of benzene rings is 3. The van der Waals surface area contributed by atoms with E-state index >= 15 is 0 Å². The third-order valence-electron chi connectivity index (χ3n) is 4.94. The number of phenolic OH excluding ortho intramolecular Hbond substituents is 2. The lowest BCUT2D eigenvalue weighted by atomic mass is 10.1. The normalized spacial score (nSPS) is 12.5. The summed E-state index contributed by atoms with van der Waals surface area (Å²) in [4.78, 5) is 0.523. The van der Waals surface area contributed by atoms with Crippen molar-refractivity contribution in [3.05, 3.63) is 42.5 Å². The van der Waals surface area contributed by atoms with E-state index in [9.17, 15) is 36.2 Å². The number of rotatable bonds is 7. The van der Waals surface area contributed by atoms with Gasteiger partial charge in [-0.05, 0) is 49.6 Å². The van der Waals surface area contributed by atoms with Crippen LogP contribution in [-0.4, -0.2) is 49.2 Å². The second-order valence-electron chi connectivity index (χ2n) is 6.95. The number of hydrogen-bond acceptors (Lipinski definition) is 9. The Hall–Kier alpha value is -3.26. The molecule has 0 saturated heterocycles. The van der Waals surface area contributed by atoms with Crippen molar-refractivity contribution in [2.24, 2.45) is 10.2 Å². The Bertz CT molecular complexity index is 1460. The Kier molecular flexibility index (Phi) is 6.61. The fourth-order valence-electron chi connectivity index (χ4n) is 3.27. The summed E-state index contributed by atoms with van der Waals surface area (Å²) < 4.78 is 65.1. The highest BCUT2D eigenvalue weighted by atomic mass is 32.2. The summed E-state index contributed by atoms with van der Waals surface area (Å²) in [6.07, 6.45) is 0. The lowest BCUT2D eigenvalue weighted by Gasteiger charge is -2.21. The Balaban J connectivity index is 2.19. The zero-order valence-corrected chi connectivity index (χ0v) is 19.2. The van der Waals surface area contributed by atoms with Crippen LogP contribution in [0, 0.1) is 0 Å². The van der Waals surface area contributed by atoms with Gasteiger partial charge in [0.2, 0.25) is 0 Å². The highest BCUT2D eigenvalue weighted by molar-refractivity contribution is 7.86. The molecule has 0 aliphatic rings. The van der Waals surface area contributed by atoms with Crippen LogP contribution in [0.2, 0.25) is 0 Å². The molecule has 0 amide bonds. The summed E-state index contributed by atoms with van der Waals surface area (Å²) in [6.45, 7) is 5.34. The Morgan fingerprint density at radius 3 is 2.06 bits per heavy atom. The first-order valence-corrected chi connectivity index (χ1v) is 12.5. The zero-order chi connectivity index (χ0) is 24.6. The molecule has 13 heteroatoms. The van der Waals surface area contributed by atoms with Gasteiger partial charge in [-0.2, -0.15) is 16.8 Å².